The van der Waals surface area contributed by atoms with Gasteiger partial charge in [0.2, 0.25) is 0 Å². The van der Waals surface area contributed by atoms with Gasteiger partial charge in [-0.05, 0) is 36.8 Å². The highest BCUT2D eigenvalue weighted by atomic mass is 32.1. The number of benzene rings is 1. The number of nitrogens with zero attached hydrogens (tertiary/aromatic N) is 4. The molecule has 1 aromatic carbocycles. The van der Waals surface area contributed by atoms with Crippen LogP contribution in [0.1, 0.15) is 20.9 Å². The number of aryl methyl sites for hydroxylation is 1. The molecule has 0 aliphatic rings. The van der Waals surface area contributed by atoms with E-state index >= 15 is 0 Å². The Kier molecular flexibility index (Phi) is 6.14. The second-order valence-electron chi connectivity index (χ2n) is 6.73. The van der Waals surface area contributed by atoms with Gasteiger partial charge in [-0.1, -0.05) is 24.3 Å². The van der Waals surface area contributed by atoms with Crippen LogP contribution >= 0.6 is 11.3 Å². The molecule has 0 unspecified atom stereocenters. The average molecular weight is 419 g/mol. The van der Waals surface area contributed by atoms with Gasteiger partial charge in [-0.15, -0.1) is 11.3 Å². The van der Waals surface area contributed by atoms with Crippen LogP contribution < -0.4 is 10.6 Å². The first-order valence-electron chi connectivity index (χ1n) is 9.66. The Labute approximate surface area is 178 Å². The maximum atomic E-state index is 12.6. The average Bonchev–Trinajstić information content (AvgIpc) is 3.40. The lowest BCUT2D eigenvalue weighted by Gasteiger charge is -2.05. The van der Waals surface area contributed by atoms with Crippen molar-refractivity contribution >= 4 is 22.9 Å². The second kappa shape index (κ2) is 9.32. The third-order valence-corrected chi connectivity index (χ3v) is 5.66. The van der Waals surface area contributed by atoms with E-state index in [2.05, 4.69) is 25.7 Å². The number of hydrogen-bond acceptors (Lipinski definition) is 6. The summed E-state index contributed by atoms with van der Waals surface area (Å²) >= 11 is 1.36. The number of pyridine rings is 1. The van der Waals surface area contributed by atoms with Crippen molar-refractivity contribution in [3.63, 3.8) is 0 Å². The second-order valence-corrected chi connectivity index (χ2v) is 7.73. The lowest BCUT2D eigenvalue weighted by atomic mass is 10.3. The van der Waals surface area contributed by atoms with Crippen molar-refractivity contribution in [2.24, 2.45) is 0 Å². The largest absolute Gasteiger partial charge is 0.383 e. The molecule has 7 nitrogen and oxygen atoms in total. The maximum absolute atomic E-state index is 12.6. The molecule has 0 spiro atoms. The Hall–Kier alpha value is -3.52. The molecule has 3 aromatic heterocycles. The van der Waals surface area contributed by atoms with E-state index in [0.717, 1.165) is 35.0 Å². The molecular formula is C22H22N6OS. The minimum absolute atomic E-state index is 0.133. The Balaban J connectivity index is 1.36. The van der Waals surface area contributed by atoms with E-state index in [1.54, 1.807) is 12.4 Å². The van der Waals surface area contributed by atoms with Gasteiger partial charge >= 0.3 is 0 Å². The molecule has 0 aliphatic carbocycles. The van der Waals surface area contributed by atoms with Gasteiger partial charge in [-0.25, -0.2) is 4.98 Å². The minimum atomic E-state index is -0.133. The van der Waals surface area contributed by atoms with Gasteiger partial charge in [0.25, 0.3) is 5.91 Å². The third-order valence-electron chi connectivity index (χ3n) is 4.48. The maximum Gasteiger partial charge on any atom is 0.263 e. The number of hydrogen-bond donors (Lipinski definition) is 2. The molecule has 4 rings (SSSR count). The Morgan fingerprint density at radius 2 is 2.00 bits per heavy atom. The van der Waals surface area contributed by atoms with Crippen molar-refractivity contribution in [3.8, 4) is 10.7 Å². The summed E-state index contributed by atoms with van der Waals surface area (Å²) in [6, 6.07) is 15.8. The Morgan fingerprint density at radius 1 is 1.13 bits per heavy atom. The molecule has 0 radical (unpaired) electrons. The highest BCUT2D eigenvalue weighted by Crippen LogP contribution is 2.26. The van der Waals surface area contributed by atoms with Gasteiger partial charge in [0, 0.05) is 37.4 Å². The first-order chi connectivity index (χ1) is 14.7. The zero-order valence-electron chi connectivity index (χ0n) is 16.6. The molecule has 4 aromatic rings. The van der Waals surface area contributed by atoms with Crippen molar-refractivity contribution in [2.75, 3.05) is 11.9 Å². The smallest absolute Gasteiger partial charge is 0.263 e. The van der Waals surface area contributed by atoms with Crippen LogP contribution in [0.25, 0.3) is 10.7 Å². The normalized spacial score (nSPS) is 10.7. The molecule has 0 fully saturated rings. The van der Waals surface area contributed by atoms with Gasteiger partial charge in [-0.3, -0.25) is 14.5 Å². The topological polar surface area (TPSA) is 84.7 Å². The van der Waals surface area contributed by atoms with Crippen LogP contribution in [0.4, 0.5) is 5.69 Å². The van der Waals surface area contributed by atoms with Crippen LogP contribution in [-0.2, 0) is 13.1 Å². The number of para-hydroxylation sites is 1. The number of aromatic nitrogens is 4. The van der Waals surface area contributed by atoms with Gasteiger partial charge < -0.3 is 10.6 Å². The van der Waals surface area contributed by atoms with Crippen molar-refractivity contribution in [2.45, 2.75) is 20.0 Å². The van der Waals surface area contributed by atoms with Crippen molar-refractivity contribution in [3.05, 3.63) is 83.3 Å². The molecule has 8 heteroatoms. The molecule has 152 valence electrons. The summed E-state index contributed by atoms with van der Waals surface area (Å²) < 4.78 is 1.88. The summed E-state index contributed by atoms with van der Waals surface area (Å²) in [5.41, 5.74) is 3.52. The van der Waals surface area contributed by atoms with Crippen LogP contribution in [0.2, 0.25) is 0 Å². The molecule has 2 N–H and O–H groups in total. The molecule has 0 bridgehead atoms. The van der Waals surface area contributed by atoms with Gasteiger partial charge in [0.05, 0.1) is 12.2 Å². The molecule has 1 amide bonds. The highest BCUT2D eigenvalue weighted by Gasteiger charge is 2.17. The van der Waals surface area contributed by atoms with E-state index in [-0.39, 0.29) is 5.91 Å². The predicted molar refractivity (Wildman–Crippen MR) is 118 cm³/mol. The minimum Gasteiger partial charge on any atom is -0.383 e. The summed E-state index contributed by atoms with van der Waals surface area (Å²) in [4.78, 5) is 21.8. The monoisotopic (exact) mass is 418 g/mol. The van der Waals surface area contributed by atoms with Crippen molar-refractivity contribution < 1.29 is 4.79 Å². The number of rotatable bonds is 8. The Bertz CT molecular complexity index is 1110. The van der Waals surface area contributed by atoms with Crippen molar-refractivity contribution in [1.29, 1.82) is 0 Å². The first-order valence-corrected chi connectivity index (χ1v) is 10.5. The highest BCUT2D eigenvalue weighted by molar-refractivity contribution is 7.17. The van der Waals surface area contributed by atoms with Gasteiger partial charge in [0.15, 0.2) is 0 Å². The fourth-order valence-corrected chi connectivity index (χ4v) is 3.90. The standard InChI is InChI=1S/C22H22N6OS/c1-16-20(21(29)25-15-17-6-5-10-23-14-17)30-22(26-16)19-9-12-28(27-19)13-11-24-18-7-3-2-4-8-18/h2-10,12,14,24H,11,13,15H2,1H3,(H,25,29). The summed E-state index contributed by atoms with van der Waals surface area (Å²) in [7, 11) is 0. The van der Waals surface area contributed by atoms with E-state index < -0.39 is 0 Å². The van der Waals surface area contributed by atoms with Crippen LogP contribution in [0.15, 0.2) is 67.1 Å². The van der Waals surface area contributed by atoms with Crippen LogP contribution in [-0.4, -0.2) is 32.2 Å². The molecule has 30 heavy (non-hydrogen) atoms. The van der Waals surface area contributed by atoms with Crippen LogP contribution in [0.3, 0.4) is 0 Å². The quantitative estimate of drug-likeness (QED) is 0.455. The fourth-order valence-electron chi connectivity index (χ4n) is 2.95. The summed E-state index contributed by atoms with van der Waals surface area (Å²) in [6.45, 7) is 3.78. The summed E-state index contributed by atoms with van der Waals surface area (Å²) in [5.74, 6) is -0.133. The Morgan fingerprint density at radius 3 is 2.80 bits per heavy atom. The van der Waals surface area contributed by atoms with Crippen LogP contribution in [0, 0.1) is 6.92 Å². The zero-order valence-corrected chi connectivity index (χ0v) is 17.4. The molecule has 0 saturated heterocycles. The first kappa shape index (κ1) is 19.8. The molecular weight excluding hydrogens is 396 g/mol. The SMILES string of the molecule is Cc1nc(-c2ccn(CCNc3ccccc3)n2)sc1C(=O)NCc1cccnc1. The predicted octanol–water partition coefficient (Wildman–Crippen LogP) is 3.75. The number of anilines is 1. The summed E-state index contributed by atoms with van der Waals surface area (Å²) in [5, 5.41) is 11.6. The number of amides is 1. The van der Waals surface area contributed by atoms with Crippen LogP contribution in [0.5, 0.6) is 0 Å². The molecule has 0 saturated carbocycles. The number of carbonyl (C=O) groups is 1. The zero-order chi connectivity index (χ0) is 20.8. The number of nitrogens with one attached hydrogen (secondary N) is 2. The van der Waals surface area contributed by atoms with E-state index in [0.29, 0.717) is 17.1 Å². The van der Waals surface area contributed by atoms with Gasteiger partial charge in [0.1, 0.15) is 15.6 Å². The molecule has 0 atom stereocenters. The molecule has 3 heterocycles. The van der Waals surface area contributed by atoms with E-state index in [1.807, 2.05) is 66.3 Å². The lowest BCUT2D eigenvalue weighted by Crippen LogP contribution is -2.22. The van der Waals surface area contributed by atoms with E-state index in [9.17, 15) is 4.79 Å². The third kappa shape index (κ3) is 4.90. The van der Waals surface area contributed by atoms with E-state index in [1.165, 1.54) is 11.3 Å². The van der Waals surface area contributed by atoms with E-state index in [4.69, 9.17) is 0 Å². The van der Waals surface area contributed by atoms with Crippen molar-refractivity contribution in [1.82, 2.24) is 25.1 Å². The number of thiazole rings is 1. The van der Waals surface area contributed by atoms with Gasteiger partial charge in [-0.2, -0.15) is 5.10 Å². The lowest BCUT2D eigenvalue weighted by molar-refractivity contribution is 0.0954. The number of carbonyl (C=O) groups excluding carboxylic acids is 1. The summed E-state index contributed by atoms with van der Waals surface area (Å²) in [6.07, 6.45) is 5.38. The molecule has 0 aliphatic heterocycles. The fraction of sp³-hybridized carbons (Fsp3) is 0.182.